The summed E-state index contributed by atoms with van der Waals surface area (Å²) >= 11 is 6.91. The number of aryl methyl sites for hydroxylation is 1. The van der Waals surface area contributed by atoms with Gasteiger partial charge in [0.1, 0.15) is 0 Å². The smallest absolute Gasteiger partial charge is 0.261 e. The summed E-state index contributed by atoms with van der Waals surface area (Å²) in [4.78, 5) is 35.9. The molecule has 0 saturated carbocycles. The Morgan fingerprint density at radius 1 is 0.718 bits per heavy atom. The topological polar surface area (TPSA) is 40.6 Å². The van der Waals surface area contributed by atoms with Gasteiger partial charge in [0.15, 0.2) is 0 Å². The van der Waals surface area contributed by atoms with Crippen LogP contribution in [0.1, 0.15) is 100 Å². The average molecular weight is 632 g/mol. The Kier molecular flexibility index (Phi) is 10.7. The van der Waals surface area contributed by atoms with Crippen LogP contribution in [0.2, 0.25) is 0 Å². The number of unbranched alkanes of at least 4 members (excludes halogenated alkanes) is 3. The Morgan fingerprint density at radius 2 is 1.23 bits per heavy atom. The van der Waals surface area contributed by atoms with Crippen molar-refractivity contribution < 1.29 is 9.59 Å². The first-order valence-electron chi connectivity index (χ1n) is 14.8. The second-order valence-corrected chi connectivity index (χ2v) is 14.7. The van der Waals surface area contributed by atoms with Crippen LogP contribution in [0.3, 0.4) is 0 Å². The van der Waals surface area contributed by atoms with Gasteiger partial charge in [-0.1, -0.05) is 72.6 Å². The number of rotatable bonds is 15. The molecule has 2 aliphatic heterocycles. The van der Waals surface area contributed by atoms with Crippen LogP contribution in [-0.4, -0.2) is 34.7 Å². The highest BCUT2D eigenvalue weighted by molar-refractivity contribution is 9.11. The van der Waals surface area contributed by atoms with E-state index in [1.165, 1.54) is 24.1 Å². The van der Waals surface area contributed by atoms with Gasteiger partial charge in [-0.3, -0.25) is 9.59 Å². The zero-order valence-electron chi connectivity index (χ0n) is 24.1. The van der Waals surface area contributed by atoms with Crippen LogP contribution in [0.5, 0.6) is 0 Å². The van der Waals surface area contributed by atoms with Gasteiger partial charge in [0.2, 0.25) is 0 Å². The van der Waals surface area contributed by atoms with Crippen LogP contribution in [-0.2, 0) is 9.59 Å². The van der Waals surface area contributed by atoms with Crippen molar-refractivity contribution in [3.8, 4) is 0 Å². The van der Waals surface area contributed by atoms with Gasteiger partial charge in [0.05, 0.1) is 36.1 Å². The molecule has 2 aliphatic rings. The molecule has 4 nitrogen and oxygen atoms in total. The third kappa shape index (κ3) is 6.46. The number of carbonyl (C=O) groups excluding carboxylic acids is 2. The van der Waals surface area contributed by atoms with E-state index in [-0.39, 0.29) is 11.8 Å². The molecule has 2 unspecified atom stereocenters. The maximum atomic E-state index is 14.4. The summed E-state index contributed by atoms with van der Waals surface area (Å²) in [5.41, 5.74) is 2.89. The summed E-state index contributed by atoms with van der Waals surface area (Å²) in [6, 6.07) is 8.27. The largest absolute Gasteiger partial charge is 0.306 e. The molecule has 0 aliphatic carbocycles. The molecule has 0 aromatic carbocycles. The van der Waals surface area contributed by atoms with Crippen molar-refractivity contribution in [2.24, 2.45) is 11.8 Å². The van der Waals surface area contributed by atoms with E-state index in [2.05, 4.69) is 68.7 Å². The summed E-state index contributed by atoms with van der Waals surface area (Å²) in [7, 11) is 0. The second kappa shape index (κ2) is 13.8. The summed E-state index contributed by atoms with van der Waals surface area (Å²) in [5, 5.41) is 0. The number of hydrogen-bond acceptors (Lipinski definition) is 4. The van der Waals surface area contributed by atoms with E-state index in [1.807, 2.05) is 15.9 Å². The normalized spacial score (nSPS) is 17.2. The van der Waals surface area contributed by atoms with Crippen molar-refractivity contribution in [1.82, 2.24) is 9.80 Å². The van der Waals surface area contributed by atoms with Crippen LogP contribution in [0, 0.1) is 18.8 Å². The summed E-state index contributed by atoms with van der Waals surface area (Å²) < 4.78 is 1.01. The van der Waals surface area contributed by atoms with Gasteiger partial charge in [-0.2, -0.15) is 0 Å². The Balaban J connectivity index is 1.83. The SMILES string of the molecule is CCCCCC(CC)CN1C(=O)C2=C(c3ccc(C)s3)N(CC(CC)CCCC)C(=O)C2=C1c1ccc(Br)s1. The molecule has 2 amide bonds. The number of thiophene rings is 2. The van der Waals surface area contributed by atoms with Crippen LogP contribution in [0.25, 0.3) is 11.4 Å². The molecule has 2 atom stereocenters. The van der Waals surface area contributed by atoms with E-state index in [1.54, 1.807) is 22.7 Å². The zero-order valence-corrected chi connectivity index (χ0v) is 27.4. The number of nitrogens with zero attached hydrogens (tertiary/aromatic N) is 2. The van der Waals surface area contributed by atoms with Crippen molar-refractivity contribution >= 4 is 61.8 Å². The van der Waals surface area contributed by atoms with Gasteiger partial charge < -0.3 is 9.80 Å². The van der Waals surface area contributed by atoms with E-state index in [0.29, 0.717) is 36.1 Å². The fourth-order valence-corrected chi connectivity index (χ4v) is 8.18. The minimum Gasteiger partial charge on any atom is -0.306 e. The molecule has 4 heterocycles. The van der Waals surface area contributed by atoms with Crippen molar-refractivity contribution in [3.05, 3.63) is 53.8 Å². The highest BCUT2D eigenvalue weighted by atomic mass is 79.9. The molecular formula is C32H43BrN2O2S2. The second-order valence-electron chi connectivity index (χ2n) is 11.0. The van der Waals surface area contributed by atoms with Gasteiger partial charge >= 0.3 is 0 Å². The number of amides is 2. The number of fused-ring (bicyclic) bond motifs is 1. The van der Waals surface area contributed by atoms with Gasteiger partial charge in [0, 0.05) is 18.0 Å². The summed E-state index contributed by atoms with van der Waals surface area (Å²) in [6.07, 6.45) is 10.1. The molecule has 212 valence electrons. The Morgan fingerprint density at radius 3 is 1.67 bits per heavy atom. The van der Waals surface area contributed by atoms with E-state index in [0.717, 1.165) is 63.5 Å². The van der Waals surface area contributed by atoms with Crippen LogP contribution in [0.4, 0.5) is 0 Å². The zero-order chi connectivity index (χ0) is 28.1. The predicted octanol–water partition coefficient (Wildman–Crippen LogP) is 9.51. The summed E-state index contributed by atoms with van der Waals surface area (Å²) in [5.74, 6) is 0.821. The maximum absolute atomic E-state index is 14.4. The molecule has 0 fully saturated rings. The van der Waals surface area contributed by atoms with Crippen LogP contribution >= 0.6 is 38.6 Å². The van der Waals surface area contributed by atoms with E-state index in [9.17, 15) is 9.59 Å². The molecular weight excluding hydrogens is 588 g/mol. The molecule has 0 saturated heterocycles. The lowest BCUT2D eigenvalue weighted by Gasteiger charge is -2.29. The fraction of sp³-hybridized carbons (Fsp3) is 0.562. The first-order valence-corrected chi connectivity index (χ1v) is 17.2. The quantitative estimate of drug-likeness (QED) is 0.184. The van der Waals surface area contributed by atoms with E-state index < -0.39 is 0 Å². The number of carbonyl (C=O) groups is 2. The number of halogens is 1. The lowest BCUT2D eigenvalue weighted by Crippen LogP contribution is -2.34. The van der Waals surface area contributed by atoms with Crippen molar-refractivity contribution in [2.75, 3.05) is 13.1 Å². The van der Waals surface area contributed by atoms with Gasteiger partial charge in [-0.25, -0.2) is 0 Å². The highest BCUT2D eigenvalue weighted by Gasteiger charge is 2.49. The predicted molar refractivity (Wildman–Crippen MR) is 170 cm³/mol. The van der Waals surface area contributed by atoms with Crippen molar-refractivity contribution in [3.63, 3.8) is 0 Å². The first-order chi connectivity index (χ1) is 18.8. The van der Waals surface area contributed by atoms with Crippen LogP contribution in [0.15, 0.2) is 39.2 Å². The first kappa shape index (κ1) is 30.3. The molecule has 7 heteroatoms. The molecule has 0 spiro atoms. The molecule has 0 radical (unpaired) electrons. The van der Waals surface area contributed by atoms with E-state index in [4.69, 9.17) is 0 Å². The van der Waals surface area contributed by atoms with Crippen LogP contribution < -0.4 is 0 Å². The van der Waals surface area contributed by atoms with Gasteiger partial charge in [-0.15, -0.1) is 22.7 Å². The fourth-order valence-electron chi connectivity index (χ4n) is 5.80. The third-order valence-corrected chi connectivity index (χ3v) is 10.8. The molecule has 4 rings (SSSR count). The minimum absolute atomic E-state index is 0.00280. The van der Waals surface area contributed by atoms with Gasteiger partial charge in [-0.05, 0) is 71.8 Å². The minimum atomic E-state index is -0.00425. The average Bonchev–Trinajstić information content (AvgIpc) is 3.67. The Hall–Kier alpha value is -1.70. The highest BCUT2D eigenvalue weighted by Crippen LogP contribution is 2.49. The standard InChI is InChI=1S/C32H43BrN2O2S2/c1-6-10-12-14-23(9-4)20-35-30(25-17-18-26(33)39-25)28-27(31(35)36)29(24-16-15-21(5)38-24)34(32(28)37)19-22(8-3)13-11-7-2/h15-18,22-23H,6-14,19-20H2,1-5H3. The Bertz CT molecular complexity index is 1240. The maximum Gasteiger partial charge on any atom is 0.261 e. The lowest BCUT2D eigenvalue weighted by atomic mass is 9.97. The third-order valence-electron chi connectivity index (χ3n) is 8.18. The molecule has 0 N–H and O–H groups in total. The van der Waals surface area contributed by atoms with Crippen molar-refractivity contribution in [2.45, 2.75) is 92.4 Å². The molecule has 2 aromatic heterocycles. The lowest BCUT2D eigenvalue weighted by molar-refractivity contribution is -0.124. The molecule has 0 bridgehead atoms. The summed E-state index contributed by atoms with van der Waals surface area (Å²) in [6.45, 7) is 12.3. The number of hydrogen-bond donors (Lipinski definition) is 0. The molecule has 39 heavy (non-hydrogen) atoms. The monoisotopic (exact) mass is 630 g/mol. The van der Waals surface area contributed by atoms with Crippen molar-refractivity contribution in [1.29, 1.82) is 0 Å². The molecule has 2 aromatic rings. The van der Waals surface area contributed by atoms with E-state index >= 15 is 0 Å². The van der Waals surface area contributed by atoms with Gasteiger partial charge in [0.25, 0.3) is 11.8 Å². The Labute approximate surface area is 251 Å².